The fraction of sp³-hybridized carbons (Fsp3) is 0.364. The lowest BCUT2D eigenvalue weighted by Gasteiger charge is -2.13. The molecule has 0 amide bonds. The number of rotatable bonds is 1. The SMILES string of the molecule is CN(C)c1ccc2c(c1)C(=O)CC2. The van der Waals surface area contributed by atoms with Crippen molar-refractivity contribution in [2.45, 2.75) is 12.8 Å². The summed E-state index contributed by atoms with van der Waals surface area (Å²) in [5.74, 6) is 0.290. The van der Waals surface area contributed by atoms with E-state index in [4.69, 9.17) is 0 Å². The summed E-state index contributed by atoms with van der Waals surface area (Å²) < 4.78 is 0. The van der Waals surface area contributed by atoms with Gasteiger partial charge >= 0.3 is 0 Å². The van der Waals surface area contributed by atoms with Gasteiger partial charge in [-0.3, -0.25) is 4.79 Å². The number of hydrogen-bond donors (Lipinski definition) is 0. The van der Waals surface area contributed by atoms with E-state index in [-0.39, 0.29) is 0 Å². The summed E-state index contributed by atoms with van der Waals surface area (Å²) in [6, 6.07) is 6.12. The van der Waals surface area contributed by atoms with Gasteiger partial charge in [-0.15, -0.1) is 0 Å². The third-order valence-corrected chi connectivity index (χ3v) is 2.53. The molecule has 1 aromatic carbocycles. The van der Waals surface area contributed by atoms with Gasteiger partial charge in [-0.05, 0) is 24.1 Å². The van der Waals surface area contributed by atoms with E-state index in [1.165, 1.54) is 5.56 Å². The van der Waals surface area contributed by atoms with Crippen molar-refractivity contribution in [1.29, 1.82) is 0 Å². The molecule has 0 spiro atoms. The molecule has 1 aliphatic carbocycles. The predicted octanol–water partition coefficient (Wildman–Crippen LogP) is 1.88. The maximum atomic E-state index is 11.4. The van der Waals surface area contributed by atoms with Crippen LogP contribution in [-0.2, 0) is 6.42 Å². The summed E-state index contributed by atoms with van der Waals surface area (Å²) >= 11 is 0. The van der Waals surface area contributed by atoms with Crippen LogP contribution < -0.4 is 4.90 Å². The van der Waals surface area contributed by atoms with Crippen molar-refractivity contribution in [3.05, 3.63) is 29.3 Å². The van der Waals surface area contributed by atoms with Gasteiger partial charge in [-0.25, -0.2) is 0 Å². The second kappa shape index (κ2) is 2.87. The molecule has 0 radical (unpaired) electrons. The van der Waals surface area contributed by atoms with Crippen LogP contribution >= 0.6 is 0 Å². The first-order valence-corrected chi connectivity index (χ1v) is 4.52. The number of aryl methyl sites for hydroxylation is 1. The molecule has 0 atom stereocenters. The largest absolute Gasteiger partial charge is 0.378 e. The van der Waals surface area contributed by atoms with E-state index < -0.39 is 0 Å². The zero-order valence-corrected chi connectivity index (χ0v) is 8.00. The Morgan fingerprint density at radius 2 is 2.00 bits per heavy atom. The topological polar surface area (TPSA) is 20.3 Å². The molecule has 2 rings (SSSR count). The van der Waals surface area contributed by atoms with Gasteiger partial charge in [0.1, 0.15) is 0 Å². The van der Waals surface area contributed by atoms with Crippen LogP contribution in [0.4, 0.5) is 5.69 Å². The van der Waals surface area contributed by atoms with Gasteiger partial charge in [0.2, 0.25) is 0 Å². The number of Topliss-reactive ketones (excluding diaryl/α,β-unsaturated/α-hetero) is 1. The molecular weight excluding hydrogens is 162 g/mol. The molecule has 0 unspecified atom stereocenters. The molecule has 0 aromatic heterocycles. The van der Waals surface area contributed by atoms with E-state index in [0.29, 0.717) is 12.2 Å². The lowest BCUT2D eigenvalue weighted by molar-refractivity contribution is 0.0994. The monoisotopic (exact) mass is 175 g/mol. The summed E-state index contributed by atoms with van der Waals surface area (Å²) in [4.78, 5) is 13.4. The van der Waals surface area contributed by atoms with Crippen molar-refractivity contribution in [3.8, 4) is 0 Å². The van der Waals surface area contributed by atoms with Crippen LogP contribution in [0.2, 0.25) is 0 Å². The van der Waals surface area contributed by atoms with Crippen LogP contribution in [0.1, 0.15) is 22.3 Å². The Hall–Kier alpha value is -1.31. The second-order valence-electron chi connectivity index (χ2n) is 3.66. The molecule has 0 bridgehead atoms. The summed E-state index contributed by atoms with van der Waals surface area (Å²) in [6.45, 7) is 0. The minimum absolute atomic E-state index is 0.290. The van der Waals surface area contributed by atoms with Crippen LogP contribution in [0.3, 0.4) is 0 Å². The summed E-state index contributed by atoms with van der Waals surface area (Å²) in [6.07, 6.45) is 1.61. The second-order valence-corrected chi connectivity index (χ2v) is 3.66. The quantitative estimate of drug-likeness (QED) is 0.649. The molecule has 0 fully saturated rings. The van der Waals surface area contributed by atoms with Gasteiger partial charge in [0.15, 0.2) is 5.78 Å². The summed E-state index contributed by atoms with van der Waals surface area (Å²) in [5, 5.41) is 0. The average Bonchev–Trinajstić information content (AvgIpc) is 2.47. The first-order valence-electron chi connectivity index (χ1n) is 4.52. The number of ketones is 1. The van der Waals surface area contributed by atoms with E-state index in [1.54, 1.807) is 0 Å². The molecule has 1 aromatic rings. The number of fused-ring (bicyclic) bond motifs is 1. The van der Waals surface area contributed by atoms with Crippen LogP contribution in [0.25, 0.3) is 0 Å². The Morgan fingerprint density at radius 1 is 1.23 bits per heavy atom. The van der Waals surface area contributed by atoms with Gasteiger partial charge in [-0.2, -0.15) is 0 Å². The summed E-state index contributed by atoms with van der Waals surface area (Å²) in [7, 11) is 3.97. The molecule has 0 saturated heterocycles. The van der Waals surface area contributed by atoms with Gasteiger partial charge < -0.3 is 4.90 Å². The minimum atomic E-state index is 0.290. The van der Waals surface area contributed by atoms with Crippen molar-refractivity contribution >= 4 is 11.5 Å². The standard InChI is InChI=1S/C11H13NO/c1-12(2)9-5-3-8-4-6-11(13)10(8)7-9/h3,5,7H,4,6H2,1-2H3. The predicted molar refractivity (Wildman–Crippen MR) is 53.4 cm³/mol. The molecule has 0 heterocycles. The minimum Gasteiger partial charge on any atom is -0.378 e. The van der Waals surface area contributed by atoms with E-state index in [9.17, 15) is 4.79 Å². The molecular formula is C11H13NO. The number of nitrogens with zero attached hydrogens (tertiary/aromatic N) is 1. The highest BCUT2D eigenvalue weighted by Crippen LogP contribution is 2.25. The molecule has 13 heavy (non-hydrogen) atoms. The first-order chi connectivity index (χ1) is 6.18. The Bertz CT molecular complexity index is 355. The van der Waals surface area contributed by atoms with E-state index in [0.717, 1.165) is 17.7 Å². The maximum absolute atomic E-state index is 11.4. The Balaban J connectivity index is 2.48. The number of anilines is 1. The van der Waals surface area contributed by atoms with Crippen LogP contribution in [-0.4, -0.2) is 19.9 Å². The highest BCUT2D eigenvalue weighted by atomic mass is 16.1. The first kappa shape index (κ1) is 8.30. The zero-order chi connectivity index (χ0) is 9.42. The van der Waals surface area contributed by atoms with Crippen molar-refractivity contribution in [2.75, 3.05) is 19.0 Å². The van der Waals surface area contributed by atoms with Crippen molar-refractivity contribution in [1.82, 2.24) is 0 Å². The zero-order valence-electron chi connectivity index (χ0n) is 8.00. The number of carbonyl (C=O) groups is 1. The number of hydrogen-bond acceptors (Lipinski definition) is 2. The van der Waals surface area contributed by atoms with E-state index >= 15 is 0 Å². The Labute approximate surface area is 78.2 Å². The lowest BCUT2D eigenvalue weighted by atomic mass is 10.1. The van der Waals surface area contributed by atoms with Crippen molar-refractivity contribution in [2.24, 2.45) is 0 Å². The van der Waals surface area contributed by atoms with Crippen molar-refractivity contribution < 1.29 is 4.79 Å². The highest BCUT2D eigenvalue weighted by Gasteiger charge is 2.19. The summed E-state index contributed by atoms with van der Waals surface area (Å²) in [5.41, 5.74) is 3.23. The van der Waals surface area contributed by atoms with Crippen LogP contribution in [0.5, 0.6) is 0 Å². The Morgan fingerprint density at radius 3 is 2.69 bits per heavy atom. The lowest BCUT2D eigenvalue weighted by Crippen LogP contribution is -2.09. The van der Waals surface area contributed by atoms with Gasteiger partial charge in [0.05, 0.1) is 0 Å². The van der Waals surface area contributed by atoms with Gasteiger partial charge in [-0.1, -0.05) is 6.07 Å². The third kappa shape index (κ3) is 1.32. The number of carbonyl (C=O) groups excluding carboxylic acids is 1. The highest BCUT2D eigenvalue weighted by molar-refractivity contribution is 6.01. The van der Waals surface area contributed by atoms with Crippen molar-refractivity contribution in [3.63, 3.8) is 0 Å². The molecule has 2 heteroatoms. The van der Waals surface area contributed by atoms with Gasteiger partial charge in [0, 0.05) is 31.8 Å². The Kier molecular flexibility index (Phi) is 1.83. The molecule has 0 N–H and O–H groups in total. The van der Waals surface area contributed by atoms with E-state index in [1.807, 2.05) is 25.1 Å². The fourth-order valence-corrected chi connectivity index (χ4v) is 1.70. The van der Waals surface area contributed by atoms with Gasteiger partial charge in [0.25, 0.3) is 0 Å². The normalized spacial score (nSPS) is 14.5. The molecule has 0 saturated carbocycles. The average molecular weight is 175 g/mol. The number of benzene rings is 1. The van der Waals surface area contributed by atoms with Crippen LogP contribution in [0.15, 0.2) is 18.2 Å². The van der Waals surface area contributed by atoms with E-state index in [2.05, 4.69) is 12.1 Å². The molecule has 2 nitrogen and oxygen atoms in total. The molecule has 0 aliphatic heterocycles. The smallest absolute Gasteiger partial charge is 0.163 e. The fourth-order valence-electron chi connectivity index (χ4n) is 1.70. The third-order valence-electron chi connectivity index (χ3n) is 2.53. The van der Waals surface area contributed by atoms with Crippen LogP contribution in [0, 0.1) is 0 Å². The molecule has 1 aliphatic rings. The molecule has 68 valence electrons. The maximum Gasteiger partial charge on any atom is 0.163 e.